The average Bonchev–Trinajstić information content (AvgIpc) is 0.789. The molecule has 3 rings (SSSR count). The summed E-state index contributed by atoms with van der Waals surface area (Å²) in [5, 5.41) is 0. The second-order valence-corrected chi connectivity index (χ2v) is 48.9. The van der Waals surface area contributed by atoms with Gasteiger partial charge >= 0.3 is 61.4 Å². The molecule has 0 radical (unpaired) electrons. The third-order valence-corrected chi connectivity index (χ3v) is 21.4. The van der Waals surface area contributed by atoms with Crippen LogP contribution in [0.1, 0.15) is 500 Å². The summed E-state index contributed by atoms with van der Waals surface area (Å²) in [7, 11) is 5.22. The maximum Gasteiger partial charge on any atom is 0.509 e. The highest BCUT2D eigenvalue weighted by atomic mass is 16.8. The molecule has 141 heavy (non-hydrogen) atoms. The molecular formula is C112H232O29. The molecule has 3 aliphatic rings. The monoisotopic (exact) mass is 2040 g/mol. The lowest BCUT2D eigenvalue weighted by atomic mass is 9.68. The van der Waals surface area contributed by atoms with Crippen LogP contribution in [0, 0.1) is 54.1 Å². The van der Waals surface area contributed by atoms with Gasteiger partial charge in [-0.2, -0.15) is 0 Å². The fourth-order valence-electron chi connectivity index (χ4n) is 11.0. The van der Waals surface area contributed by atoms with Crippen LogP contribution >= 0.6 is 0 Å². The summed E-state index contributed by atoms with van der Waals surface area (Å²) in [4.78, 5) is 111. The zero-order valence-electron chi connectivity index (χ0n) is 95.1. The molecule has 6 atom stereocenters. The van der Waals surface area contributed by atoms with E-state index >= 15 is 0 Å². The van der Waals surface area contributed by atoms with Gasteiger partial charge in [-0.15, -0.1) is 0 Å². The number of hydrogen-bond donors (Lipinski definition) is 0. The van der Waals surface area contributed by atoms with Crippen LogP contribution in [0.4, 0.5) is 43.2 Å². The number of ether oxygens (including phenoxy) is 19. The Balaban J connectivity index is -0.000000106. The van der Waals surface area contributed by atoms with Gasteiger partial charge in [0.05, 0.1) is 41.7 Å². The van der Waals surface area contributed by atoms with Gasteiger partial charge in [-0.25, -0.2) is 43.2 Å². The van der Waals surface area contributed by atoms with E-state index in [4.69, 9.17) is 71.1 Å². The van der Waals surface area contributed by atoms with Gasteiger partial charge in [0.15, 0.2) is 0 Å². The molecule has 6 unspecified atom stereocenters. The Morgan fingerprint density at radius 1 is 0.284 bits per heavy atom. The molecule has 0 aromatic heterocycles. The molecule has 0 aliphatic heterocycles. The maximum absolute atomic E-state index is 11.7. The van der Waals surface area contributed by atoms with Crippen LogP contribution in [0.5, 0.6) is 0 Å². The summed E-state index contributed by atoms with van der Waals surface area (Å²) in [5.74, 6) is -0.137. The van der Waals surface area contributed by atoms with E-state index in [-0.39, 0.29) is 167 Å². The third kappa shape index (κ3) is 93.7. The first kappa shape index (κ1) is 165. The van der Waals surface area contributed by atoms with Crippen LogP contribution in [0.25, 0.3) is 0 Å². The van der Waals surface area contributed by atoms with Crippen molar-refractivity contribution in [2.24, 2.45) is 54.1 Å². The second kappa shape index (κ2) is 74.7. The fourth-order valence-corrected chi connectivity index (χ4v) is 11.0. The lowest BCUT2D eigenvalue weighted by Crippen LogP contribution is -2.48. The summed E-state index contributed by atoms with van der Waals surface area (Å²) in [6, 6.07) is 0. The van der Waals surface area contributed by atoms with Gasteiger partial charge < -0.3 is 90.0 Å². The second-order valence-electron chi connectivity index (χ2n) is 48.9. The Labute approximate surface area is 867 Å². The standard InChI is InChI=1S/C14H26O3.C13H24O3.C12H24O3.C12H22O2.C11H22O3.C10H20O3.2C9H18O3.C8H16O3.C7H14O3.7CH4/c1-5-12(14(2,3)4)17-13(15)16-11-9-7-6-8-10-11;1-10(13(2,3)4)15-12(14)16-11-8-6-5-7-9-11;1-8-9(11(2,3)4)14-10(13)15-12(5,6)7;1-10(13)14-12(11(2,3)4)8-6-5-7-9-12;1-8(10(2,3)4)13-9(12)14-11(5,6)7;1-9(2,3)7-12-8(11)13-10(4,5)6;1-8(2,3)9(4,5)12-7(10)11-6;1-6-7(9(2,3)4)12-8(10)11-5;1-6(8(2,3)4)11-7(9)10-5;1-7(2,3)5-10-6(8)9-4;;;;;;;/h11-12H,5-10H2,1-4H3;10-11H,5-9H2,1-4H3;9H,8H2,1-7H3;5-9H2,1-4H3;8H,1-7H3;7H2,1-6H3;1-6H3;7H,6H2,1-5H3;6H,1-5H3;5H2,1-4H3;7*1H4. The maximum atomic E-state index is 11.7. The van der Waals surface area contributed by atoms with Crippen LogP contribution in [-0.2, 0) is 94.8 Å². The van der Waals surface area contributed by atoms with Crippen molar-refractivity contribution in [3.05, 3.63) is 0 Å². The van der Waals surface area contributed by atoms with E-state index in [0.717, 1.165) is 83.5 Å². The van der Waals surface area contributed by atoms with Gasteiger partial charge in [0, 0.05) is 17.8 Å². The lowest BCUT2D eigenvalue weighted by molar-refractivity contribution is -0.177. The Kier molecular flexibility index (Phi) is 87.2. The van der Waals surface area contributed by atoms with Gasteiger partial charge in [-0.05, 0) is 237 Å². The quantitative estimate of drug-likeness (QED) is 0.109. The molecule has 3 saturated carbocycles. The van der Waals surface area contributed by atoms with Crippen molar-refractivity contribution in [1.82, 2.24) is 0 Å². The van der Waals surface area contributed by atoms with E-state index in [9.17, 15) is 47.9 Å². The van der Waals surface area contributed by atoms with Crippen LogP contribution in [0.15, 0.2) is 0 Å². The van der Waals surface area contributed by atoms with E-state index < -0.39 is 77.8 Å². The molecule has 29 heteroatoms. The first-order valence-corrected chi connectivity index (χ1v) is 48.4. The van der Waals surface area contributed by atoms with Crippen LogP contribution in [0.2, 0.25) is 0 Å². The summed E-state index contributed by atoms with van der Waals surface area (Å²) in [6.07, 6.45) is 13.5. The van der Waals surface area contributed by atoms with E-state index in [2.05, 4.69) is 60.5 Å². The Hall–Kier alpha value is -7.10. The lowest BCUT2D eigenvalue weighted by Gasteiger charge is -2.46. The topological polar surface area (TPSA) is 346 Å². The Morgan fingerprint density at radius 3 is 0.759 bits per heavy atom. The first-order chi connectivity index (χ1) is 59.8. The summed E-state index contributed by atoms with van der Waals surface area (Å²) < 4.78 is 94.6. The van der Waals surface area contributed by atoms with Gasteiger partial charge in [-0.3, -0.25) is 4.79 Å². The van der Waals surface area contributed by atoms with Gasteiger partial charge in [0.25, 0.3) is 0 Å². The average molecular weight is 2040 g/mol. The first-order valence-electron chi connectivity index (χ1n) is 48.4. The minimum Gasteiger partial charge on any atom is -0.459 e. The zero-order valence-corrected chi connectivity index (χ0v) is 95.1. The molecule has 0 heterocycles. The Bertz CT molecular complexity index is 3210. The van der Waals surface area contributed by atoms with Crippen molar-refractivity contribution in [2.45, 2.75) is 577 Å². The zero-order chi connectivity index (χ0) is 107. The molecule has 0 amide bonds. The number of esters is 1. The number of rotatable bonds is 15. The number of carbonyl (C=O) groups excluding carboxylic acids is 10. The number of methoxy groups -OCH3 is 4. The van der Waals surface area contributed by atoms with E-state index in [1.807, 2.05) is 284 Å². The van der Waals surface area contributed by atoms with Gasteiger partial charge in [-0.1, -0.05) is 300 Å². The predicted octanol–water partition coefficient (Wildman–Crippen LogP) is 35.3. The largest absolute Gasteiger partial charge is 0.509 e. The molecule has 3 fully saturated rings. The fraction of sp³-hybridized carbons (Fsp3) is 0.911. The molecule has 0 saturated heterocycles. The molecule has 3 aliphatic carbocycles. The minimum atomic E-state index is -0.630. The minimum absolute atomic E-state index is 0. The molecule has 854 valence electrons. The highest BCUT2D eigenvalue weighted by Crippen LogP contribution is 2.45. The van der Waals surface area contributed by atoms with Crippen molar-refractivity contribution >= 4 is 61.4 Å². The van der Waals surface area contributed by atoms with Crippen molar-refractivity contribution in [3.63, 3.8) is 0 Å². The summed E-state index contributed by atoms with van der Waals surface area (Å²) in [6.45, 7) is 95.1. The third-order valence-electron chi connectivity index (χ3n) is 21.4. The molecule has 29 nitrogen and oxygen atoms in total. The van der Waals surface area contributed by atoms with Crippen molar-refractivity contribution in [2.75, 3.05) is 41.7 Å². The molecule has 0 aromatic rings. The van der Waals surface area contributed by atoms with Crippen molar-refractivity contribution < 1.29 is 138 Å². The molecule has 0 aromatic carbocycles. The Morgan fingerprint density at radius 2 is 0.518 bits per heavy atom. The van der Waals surface area contributed by atoms with Gasteiger partial charge in [0.1, 0.15) is 76.8 Å². The van der Waals surface area contributed by atoms with E-state index in [1.165, 1.54) is 67.5 Å². The van der Waals surface area contributed by atoms with Crippen molar-refractivity contribution in [1.29, 1.82) is 0 Å². The van der Waals surface area contributed by atoms with Crippen LogP contribution < -0.4 is 0 Å². The smallest absolute Gasteiger partial charge is 0.459 e. The van der Waals surface area contributed by atoms with E-state index in [1.54, 1.807) is 0 Å². The summed E-state index contributed by atoms with van der Waals surface area (Å²) >= 11 is 0. The normalized spacial score (nSPS) is 15.1. The van der Waals surface area contributed by atoms with Gasteiger partial charge in [0.2, 0.25) is 0 Å². The van der Waals surface area contributed by atoms with Crippen LogP contribution in [-0.4, -0.2) is 180 Å². The highest BCUT2D eigenvalue weighted by molar-refractivity contribution is 5.67. The highest BCUT2D eigenvalue weighted by Gasteiger charge is 2.46. The SMILES string of the molecule is C.C.C.C.C.C.C.CC(=O)OC1(C(C)(C)C)CCCCC1.CC(C)(C)COC(=O)OC(C)(C)C.CC(OC(=O)OC(C)(C)C)C(C)(C)C.CC(OC(=O)OC1CCCCC1)C(C)(C)C.CCC(OC(=O)OC(C)(C)C)C(C)(C)C.CCC(OC(=O)OC)C(C)(C)C.CCC(OC(=O)OC1CCCCC1)C(C)(C)C.COC(=O)OC(C)(C)C(C)(C)C.COC(=O)OC(C)C(C)(C)C.COC(=O)OCC(C)(C)C. The van der Waals surface area contributed by atoms with Crippen molar-refractivity contribution in [3.8, 4) is 0 Å². The molecule has 0 N–H and O–H groups in total. The summed E-state index contributed by atoms with van der Waals surface area (Å²) in [5.41, 5.74) is -2.47. The van der Waals surface area contributed by atoms with Crippen LogP contribution in [0.3, 0.4) is 0 Å². The number of hydrogen-bond acceptors (Lipinski definition) is 29. The predicted molar refractivity (Wildman–Crippen MR) is 578 cm³/mol. The van der Waals surface area contributed by atoms with E-state index in [0.29, 0.717) is 13.2 Å². The molecular weight excluding hydrogens is 1810 g/mol. The number of carbonyl (C=O) groups is 10. The molecule has 0 spiro atoms. The molecule has 0 bridgehead atoms.